The van der Waals surface area contributed by atoms with Gasteiger partial charge in [-0.1, -0.05) is 63.7 Å². The number of carbonyl (C=O) groups is 3. The fraction of sp³-hybridized carbons (Fsp3) is 0.411. The van der Waals surface area contributed by atoms with E-state index in [0.29, 0.717) is 41.9 Å². The number of anilines is 2. The minimum absolute atomic E-state index is 0.00844. The number of aliphatic hydroxyl groups excluding tert-OH is 1. The standard InChI is InChI=1S/C56H65F3N10O7S2/c1-33(36-7-9-38(10-8-36)52-35(3)62-32-77-52)63-34(2)47-26-42(70)30-69(47)55(73)53(56(4,5)6)64-48(71)31-76-24-23-66-19-21-67(22-20-66)41-13-11-37(12-14-41)39-25-43-44(28-61-54(43)60-27-39)51(72)49-45(58)15-16-46(50(49)59)65-78(74,75)68-18-17-40(57)29-68/h7-16,25,27-28,32-33,40,42,47,53,63,65,70H,2,17-24,26,29-31H2,1,3-6H3,(H,60,61)(H,64,71)/t33-,40+,42+,47-,53+/m0/s1. The first-order valence-corrected chi connectivity index (χ1v) is 28.3. The van der Waals surface area contributed by atoms with E-state index in [0.717, 1.165) is 75.6 Å². The molecule has 3 aromatic carbocycles. The number of ether oxygens (including phenoxy) is 1. The fourth-order valence-electron chi connectivity index (χ4n) is 10.3. The Bertz CT molecular complexity index is 3290. The van der Waals surface area contributed by atoms with Crippen molar-refractivity contribution in [3.63, 3.8) is 0 Å². The highest BCUT2D eigenvalue weighted by Crippen LogP contribution is 2.34. The maximum atomic E-state index is 15.8. The van der Waals surface area contributed by atoms with Crippen LogP contribution in [0.25, 0.3) is 32.6 Å². The number of aromatic nitrogens is 3. The number of fused-ring (bicyclic) bond motifs is 1. The van der Waals surface area contributed by atoms with E-state index < -0.39 is 81.1 Å². The number of β-amino-alcohol motifs (C(OH)–C–C–N with tert-alkyl or cyclic N) is 1. The van der Waals surface area contributed by atoms with E-state index in [2.05, 4.69) is 66.2 Å². The van der Waals surface area contributed by atoms with Crippen molar-refractivity contribution in [1.82, 2.24) is 39.7 Å². The maximum Gasteiger partial charge on any atom is 0.301 e. The third-order valence-corrected chi connectivity index (χ3v) is 17.2. The lowest BCUT2D eigenvalue weighted by Gasteiger charge is -2.37. The Hall–Kier alpha value is -6.69. The summed E-state index contributed by atoms with van der Waals surface area (Å²) in [5.74, 6) is -4.33. The van der Waals surface area contributed by atoms with Gasteiger partial charge in [-0.2, -0.15) is 12.7 Å². The van der Waals surface area contributed by atoms with Crippen molar-refractivity contribution in [2.45, 2.75) is 77.9 Å². The zero-order chi connectivity index (χ0) is 55.6. The number of hydrogen-bond donors (Lipinski definition) is 5. The molecule has 78 heavy (non-hydrogen) atoms. The molecule has 3 aliphatic rings. The zero-order valence-corrected chi connectivity index (χ0v) is 45.8. The summed E-state index contributed by atoms with van der Waals surface area (Å²) in [6.45, 7) is 17.2. The number of alkyl halides is 1. The Balaban J connectivity index is 0.739. The van der Waals surface area contributed by atoms with Crippen LogP contribution in [0.3, 0.4) is 0 Å². The SMILES string of the molecule is C=C(N[C@@H](C)c1ccc(-c2scnc2C)cc1)[C@@H]1C[C@@H](O)CN1C(=O)[C@@H](NC(=O)COCCN1CCN(c2ccc(-c3cnc4[nH]cc(C(=O)c5c(F)ccc(NS(=O)(=O)N6CC[C@@H](F)C6)c5F)c4c3)cc2)CC1)C(C)(C)C. The number of amides is 2. The lowest BCUT2D eigenvalue weighted by Crippen LogP contribution is -2.57. The maximum absolute atomic E-state index is 15.8. The molecule has 6 aromatic rings. The van der Waals surface area contributed by atoms with Gasteiger partial charge in [0.1, 0.15) is 30.3 Å². The van der Waals surface area contributed by atoms with Gasteiger partial charge in [0.05, 0.1) is 46.1 Å². The van der Waals surface area contributed by atoms with Crippen molar-refractivity contribution >= 4 is 61.6 Å². The second-order valence-corrected chi connectivity index (χ2v) is 23.8. The summed E-state index contributed by atoms with van der Waals surface area (Å²) in [6.07, 6.45) is 1.12. The number of pyridine rings is 1. The summed E-state index contributed by atoms with van der Waals surface area (Å²) in [4.78, 5) is 60.4. The molecule has 0 bridgehead atoms. The summed E-state index contributed by atoms with van der Waals surface area (Å²) < 4.78 is 79.1. The molecule has 0 unspecified atom stereocenters. The number of H-pyrrole nitrogens is 1. The normalized spacial score (nSPS) is 19.3. The highest BCUT2D eigenvalue weighted by molar-refractivity contribution is 7.90. The molecule has 0 aliphatic carbocycles. The molecule has 2 amide bonds. The Kier molecular flexibility index (Phi) is 16.8. The number of thiazole rings is 1. The molecule has 17 nitrogen and oxygen atoms in total. The number of rotatable bonds is 19. The average molecular weight is 1110 g/mol. The number of nitrogens with zero attached hydrogens (tertiary/aromatic N) is 6. The Morgan fingerprint density at radius 1 is 0.949 bits per heavy atom. The third-order valence-electron chi connectivity index (χ3n) is 14.7. The summed E-state index contributed by atoms with van der Waals surface area (Å²) in [6, 6.07) is 17.9. The summed E-state index contributed by atoms with van der Waals surface area (Å²) >= 11 is 1.60. The van der Waals surface area contributed by atoms with Gasteiger partial charge in [-0.25, -0.2) is 23.1 Å². The molecular formula is C56H65F3N10O7S2. The van der Waals surface area contributed by atoms with Gasteiger partial charge in [-0.05, 0) is 72.7 Å². The van der Waals surface area contributed by atoms with Gasteiger partial charge in [-0.15, -0.1) is 11.3 Å². The van der Waals surface area contributed by atoms with Crippen molar-refractivity contribution in [3.05, 3.63) is 131 Å². The number of likely N-dealkylation sites (tertiary alicyclic amines) is 1. The molecule has 22 heteroatoms. The van der Waals surface area contributed by atoms with E-state index in [1.807, 2.05) is 69.1 Å². The molecule has 3 fully saturated rings. The van der Waals surface area contributed by atoms with Crippen molar-refractivity contribution in [2.24, 2.45) is 5.41 Å². The summed E-state index contributed by atoms with van der Waals surface area (Å²) in [7, 11) is -4.38. The number of aromatic amines is 1. The van der Waals surface area contributed by atoms with Crippen LogP contribution in [0.5, 0.6) is 0 Å². The van der Waals surface area contributed by atoms with Crippen LogP contribution in [0, 0.1) is 24.0 Å². The van der Waals surface area contributed by atoms with Gasteiger partial charge >= 0.3 is 10.2 Å². The Morgan fingerprint density at radius 2 is 1.67 bits per heavy atom. The van der Waals surface area contributed by atoms with Gasteiger partial charge in [0, 0.05) is 105 Å². The first kappa shape index (κ1) is 56.0. The number of piperazine rings is 1. The molecular weight excluding hydrogens is 1050 g/mol. The Labute approximate surface area is 456 Å². The van der Waals surface area contributed by atoms with E-state index >= 15 is 8.78 Å². The van der Waals surface area contributed by atoms with Gasteiger partial charge in [-0.3, -0.25) is 24.0 Å². The smallest absolute Gasteiger partial charge is 0.301 e. The van der Waals surface area contributed by atoms with Crippen molar-refractivity contribution in [2.75, 3.05) is 75.2 Å². The van der Waals surface area contributed by atoms with E-state index in [1.165, 1.54) is 6.20 Å². The van der Waals surface area contributed by atoms with E-state index in [4.69, 9.17) is 4.74 Å². The van der Waals surface area contributed by atoms with Crippen LogP contribution in [0.2, 0.25) is 0 Å². The second-order valence-electron chi connectivity index (χ2n) is 21.3. The molecule has 0 spiro atoms. The predicted octanol–water partition coefficient (Wildman–Crippen LogP) is 7.37. The molecule has 414 valence electrons. The number of carbonyl (C=O) groups excluding carboxylic acids is 3. The van der Waals surface area contributed by atoms with Gasteiger partial charge in [0.15, 0.2) is 5.82 Å². The second kappa shape index (κ2) is 23.3. The topological polar surface area (TPSA) is 205 Å². The molecule has 3 aromatic heterocycles. The number of nitrogens with one attached hydrogen (secondary N) is 4. The predicted molar refractivity (Wildman–Crippen MR) is 295 cm³/mol. The zero-order valence-electron chi connectivity index (χ0n) is 44.2. The largest absolute Gasteiger partial charge is 0.391 e. The van der Waals surface area contributed by atoms with Gasteiger partial charge in [0.2, 0.25) is 17.6 Å². The lowest BCUT2D eigenvalue weighted by atomic mass is 9.85. The molecule has 3 aliphatic heterocycles. The molecule has 9 rings (SSSR count). The lowest BCUT2D eigenvalue weighted by molar-refractivity contribution is -0.141. The summed E-state index contributed by atoms with van der Waals surface area (Å²) in [5.41, 5.74) is 5.96. The van der Waals surface area contributed by atoms with Crippen LogP contribution in [0.4, 0.5) is 24.5 Å². The van der Waals surface area contributed by atoms with Crippen molar-refractivity contribution in [1.29, 1.82) is 0 Å². The number of aryl methyl sites for hydroxylation is 1. The fourth-order valence-corrected chi connectivity index (χ4v) is 12.3. The molecule has 3 saturated heterocycles. The highest BCUT2D eigenvalue weighted by Gasteiger charge is 2.43. The highest BCUT2D eigenvalue weighted by atomic mass is 32.2. The minimum atomic E-state index is -4.38. The molecule has 5 N–H and O–H groups in total. The number of benzene rings is 3. The van der Waals surface area contributed by atoms with Crippen LogP contribution in [0.15, 0.2) is 96.9 Å². The first-order chi connectivity index (χ1) is 37.1. The number of aliphatic hydroxyl groups is 1. The first-order valence-electron chi connectivity index (χ1n) is 26.0. The molecule has 6 heterocycles. The van der Waals surface area contributed by atoms with Crippen LogP contribution in [-0.4, -0.2) is 150 Å². The van der Waals surface area contributed by atoms with Crippen LogP contribution < -0.4 is 20.3 Å². The van der Waals surface area contributed by atoms with Gasteiger partial charge in [0.25, 0.3) is 0 Å². The Morgan fingerprint density at radius 3 is 2.33 bits per heavy atom. The van der Waals surface area contributed by atoms with Crippen LogP contribution in [-0.2, 0) is 24.5 Å². The van der Waals surface area contributed by atoms with Crippen LogP contribution in [0.1, 0.15) is 73.8 Å². The van der Waals surface area contributed by atoms with Crippen molar-refractivity contribution in [3.8, 4) is 21.6 Å². The molecule has 5 atom stereocenters. The van der Waals surface area contributed by atoms with E-state index in [-0.39, 0.29) is 43.6 Å². The molecule has 0 saturated carbocycles. The molecule has 0 radical (unpaired) electrons. The van der Waals surface area contributed by atoms with Crippen LogP contribution >= 0.6 is 11.3 Å². The quantitative estimate of drug-likeness (QED) is 0.0399. The van der Waals surface area contributed by atoms with E-state index in [1.54, 1.807) is 28.5 Å². The van der Waals surface area contributed by atoms with E-state index in [9.17, 15) is 32.3 Å². The number of halogens is 3. The average Bonchev–Trinajstić information content (AvgIpc) is 4.31. The number of hydrogen-bond acceptors (Lipinski definition) is 13. The van der Waals surface area contributed by atoms with Crippen molar-refractivity contribution < 1.29 is 45.8 Å². The number of ketones is 1. The summed E-state index contributed by atoms with van der Waals surface area (Å²) in [5, 5.41) is 17.5. The third kappa shape index (κ3) is 12.4. The minimum Gasteiger partial charge on any atom is -0.391 e. The monoisotopic (exact) mass is 1110 g/mol. The van der Waals surface area contributed by atoms with Gasteiger partial charge < -0.3 is 35.3 Å².